The third-order valence-electron chi connectivity index (χ3n) is 4.84. The molecule has 7 heteroatoms. The smallest absolute Gasteiger partial charge is 0.260 e. The Bertz CT molecular complexity index is 1170. The minimum absolute atomic E-state index is 0.207. The molecule has 27 heavy (non-hydrogen) atoms. The van der Waals surface area contributed by atoms with Gasteiger partial charge in [-0.2, -0.15) is 23.4 Å². The quantitative estimate of drug-likeness (QED) is 0.670. The van der Waals surface area contributed by atoms with Crippen molar-refractivity contribution in [3.8, 4) is 11.8 Å². The molecule has 136 valence electrons. The summed E-state index contributed by atoms with van der Waals surface area (Å²) >= 11 is 0. The minimum atomic E-state index is -4.61. The maximum atomic E-state index is 13.5. The number of para-hydroxylation sites is 1. The number of aryl methyl sites for hydroxylation is 1. The van der Waals surface area contributed by atoms with Gasteiger partial charge in [0.25, 0.3) is 0 Å². The molecule has 1 aliphatic carbocycles. The highest BCUT2D eigenvalue weighted by atomic mass is 19.4. The highest BCUT2D eigenvalue weighted by molar-refractivity contribution is 5.85. The van der Waals surface area contributed by atoms with Crippen LogP contribution in [0.4, 0.5) is 13.2 Å². The van der Waals surface area contributed by atoms with Gasteiger partial charge in [-0.05, 0) is 55.5 Å². The van der Waals surface area contributed by atoms with Crippen LogP contribution < -0.4 is 5.69 Å². The van der Waals surface area contributed by atoms with Gasteiger partial charge in [-0.25, -0.2) is 4.79 Å². The van der Waals surface area contributed by atoms with Crippen molar-refractivity contribution in [1.29, 1.82) is 5.26 Å². The predicted molar refractivity (Wildman–Crippen MR) is 93.8 cm³/mol. The molecule has 4 rings (SSSR count). The van der Waals surface area contributed by atoms with Gasteiger partial charge in [0.15, 0.2) is 0 Å². The lowest BCUT2D eigenvalue weighted by Crippen LogP contribution is -2.25. The van der Waals surface area contributed by atoms with Crippen LogP contribution in [-0.2, 0) is 6.18 Å². The number of nitrogens with zero attached hydrogens (tertiary/aromatic N) is 3. The Morgan fingerprint density at radius 2 is 1.93 bits per heavy atom. The van der Waals surface area contributed by atoms with Crippen molar-refractivity contribution >= 4 is 10.9 Å². The Hall–Kier alpha value is -3.14. The second-order valence-corrected chi connectivity index (χ2v) is 6.67. The Balaban J connectivity index is 2.13. The molecular weight excluding hydrogens is 355 g/mol. The van der Waals surface area contributed by atoms with E-state index in [0.717, 1.165) is 29.0 Å². The zero-order valence-corrected chi connectivity index (χ0v) is 14.3. The van der Waals surface area contributed by atoms with Crippen LogP contribution in [0.2, 0.25) is 0 Å². The monoisotopic (exact) mass is 369 g/mol. The average Bonchev–Trinajstić information content (AvgIpc) is 3.45. The standard InChI is InChI=1S/C20H14F3N3O/c1-11-14-8-13(10-24)15(12-6-7-12)9-18(14)26(19(27)25-11)17-5-3-2-4-16(17)20(21,22)23/h2-5,8-9,12H,6-7H2,1H3. The van der Waals surface area contributed by atoms with Crippen LogP contribution >= 0.6 is 0 Å². The number of hydrogen-bond acceptors (Lipinski definition) is 3. The van der Waals surface area contributed by atoms with Gasteiger partial charge >= 0.3 is 11.9 Å². The largest absolute Gasteiger partial charge is 0.418 e. The van der Waals surface area contributed by atoms with E-state index in [9.17, 15) is 23.2 Å². The van der Waals surface area contributed by atoms with E-state index in [1.165, 1.54) is 18.2 Å². The van der Waals surface area contributed by atoms with E-state index in [1.807, 2.05) is 0 Å². The molecule has 0 saturated heterocycles. The molecule has 1 aliphatic rings. The average molecular weight is 369 g/mol. The summed E-state index contributed by atoms with van der Waals surface area (Å²) in [5.74, 6) is 0.207. The lowest BCUT2D eigenvalue weighted by molar-refractivity contribution is -0.137. The van der Waals surface area contributed by atoms with E-state index in [1.54, 1.807) is 19.1 Å². The fourth-order valence-corrected chi connectivity index (χ4v) is 3.41. The molecule has 0 unspecified atom stereocenters. The summed E-state index contributed by atoms with van der Waals surface area (Å²) in [6, 6.07) is 10.4. The molecule has 0 spiro atoms. The van der Waals surface area contributed by atoms with E-state index in [-0.39, 0.29) is 11.6 Å². The molecule has 0 radical (unpaired) electrons. The molecule has 1 aromatic heterocycles. The van der Waals surface area contributed by atoms with Gasteiger partial charge in [0.05, 0.1) is 34.1 Å². The summed E-state index contributed by atoms with van der Waals surface area (Å²) in [4.78, 5) is 16.5. The lowest BCUT2D eigenvalue weighted by atomic mass is 10.00. The number of halogens is 3. The SMILES string of the molecule is Cc1nc(=O)n(-c2ccccc2C(F)(F)F)c2cc(C3CC3)c(C#N)cc12. The Labute approximate surface area is 152 Å². The summed E-state index contributed by atoms with van der Waals surface area (Å²) in [6.07, 6.45) is -2.76. The number of benzene rings is 2. The van der Waals surface area contributed by atoms with Gasteiger partial charge < -0.3 is 0 Å². The van der Waals surface area contributed by atoms with Crippen molar-refractivity contribution in [2.45, 2.75) is 31.9 Å². The van der Waals surface area contributed by atoms with Gasteiger partial charge in [0.2, 0.25) is 0 Å². The van der Waals surface area contributed by atoms with Crippen molar-refractivity contribution in [2.75, 3.05) is 0 Å². The number of aromatic nitrogens is 2. The summed E-state index contributed by atoms with van der Waals surface area (Å²) in [6.45, 7) is 1.61. The molecule has 4 nitrogen and oxygen atoms in total. The Kier molecular flexibility index (Phi) is 3.81. The number of rotatable bonds is 2. The number of fused-ring (bicyclic) bond motifs is 1. The number of nitriles is 1. The van der Waals surface area contributed by atoms with Crippen LogP contribution in [0.1, 0.15) is 41.1 Å². The minimum Gasteiger partial charge on any atom is -0.260 e. The van der Waals surface area contributed by atoms with Gasteiger partial charge in [-0.15, -0.1) is 0 Å². The normalized spacial score (nSPS) is 14.3. The lowest BCUT2D eigenvalue weighted by Gasteiger charge is -2.17. The van der Waals surface area contributed by atoms with Crippen LogP contribution in [0.25, 0.3) is 16.6 Å². The molecule has 0 aliphatic heterocycles. The van der Waals surface area contributed by atoms with Gasteiger partial charge in [-0.1, -0.05) is 12.1 Å². The molecule has 0 atom stereocenters. The van der Waals surface area contributed by atoms with Crippen molar-refractivity contribution in [2.24, 2.45) is 0 Å². The zero-order valence-electron chi connectivity index (χ0n) is 14.3. The number of alkyl halides is 3. The second kappa shape index (κ2) is 5.95. The van der Waals surface area contributed by atoms with Gasteiger partial charge in [0.1, 0.15) is 0 Å². The van der Waals surface area contributed by atoms with Crippen molar-refractivity contribution in [1.82, 2.24) is 9.55 Å². The van der Waals surface area contributed by atoms with Crippen LogP contribution in [0.5, 0.6) is 0 Å². The first-order valence-electron chi connectivity index (χ1n) is 8.45. The first kappa shape index (κ1) is 17.3. The van der Waals surface area contributed by atoms with E-state index < -0.39 is 17.4 Å². The predicted octanol–water partition coefficient (Wildman–Crippen LogP) is 4.46. The van der Waals surface area contributed by atoms with Gasteiger partial charge in [0, 0.05) is 5.39 Å². The maximum absolute atomic E-state index is 13.5. The van der Waals surface area contributed by atoms with Crippen LogP contribution in [-0.4, -0.2) is 9.55 Å². The Morgan fingerprint density at radius 1 is 1.22 bits per heavy atom. The van der Waals surface area contributed by atoms with Crippen molar-refractivity contribution < 1.29 is 13.2 Å². The first-order chi connectivity index (χ1) is 12.8. The zero-order chi connectivity index (χ0) is 19.3. The molecule has 0 amide bonds. The van der Waals surface area contributed by atoms with Crippen LogP contribution in [0.15, 0.2) is 41.2 Å². The molecule has 1 heterocycles. The fraction of sp³-hybridized carbons (Fsp3) is 0.250. The molecule has 3 aromatic rings. The second-order valence-electron chi connectivity index (χ2n) is 6.67. The third kappa shape index (κ3) is 2.87. The summed E-state index contributed by atoms with van der Waals surface area (Å²) < 4.78 is 41.5. The molecule has 0 bridgehead atoms. The Morgan fingerprint density at radius 3 is 2.56 bits per heavy atom. The van der Waals surface area contributed by atoms with E-state index >= 15 is 0 Å². The van der Waals surface area contributed by atoms with E-state index in [2.05, 4.69) is 11.1 Å². The summed E-state index contributed by atoms with van der Waals surface area (Å²) in [5.41, 5.74) is 0.0237. The molecule has 0 N–H and O–H groups in total. The first-order valence-corrected chi connectivity index (χ1v) is 8.45. The summed E-state index contributed by atoms with van der Waals surface area (Å²) in [7, 11) is 0. The molecule has 1 saturated carbocycles. The number of hydrogen-bond donors (Lipinski definition) is 0. The van der Waals surface area contributed by atoms with Crippen molar-refractivity contribution in [3.05, 3.63) is 69.3 Å². The topological polar surface area (TPSA) is 58.7 Å². The van der Waals surface area contributed by atoms with E-state index in [0.29, 0.717) is 22.2 Å². The molecular formula is C20H14F3N3O. The van der Waals surface area contributed by atoms with Crippen LogP contribution in [0.3, 0.4) is 0 Å². The third-order valence-corrected chi connectivity index (χ3v) is 4.84. The molecule has 2 aromatic carbocycles. The highest BCUT2D eigenvalue weighted by Crippen LogP contribution is 2.43. The van der Waals surface area contributed by atoms with Crippen LogP contribution in [0, 0.1) is 18.3 Å². The van der Waals surface area contributed by atoms with Crippen molar-refractivity contribution in [3.63, 3.8) is 0 Å². The van der Waals surface area contributed by atoms with E-state index in [4.69, 9.17) is 0 Å². The fourth-order valence-electron chi connectivity index (χ4n) is 3.41. The molecule has 1 fully saturated rings. The highest BCUT2D eigenvalue weighted by Gasteiger charge is 2.34. The summed E-state index contributed by atoms with van der Waals surface area (Å²) in [5, 5.41) is 9.94. The maximum Gasteiger partial charge on any atom is 0.418 e. The van der Waals surface area contributed by atoms with Gasteiger partial charge in [-0.3, -0.25) is 4.57 Å².